The molecule has 1 aromatic heterocycles. The van der Waals surface area contributed by atoms with Gasteiger partial charge in [0.05, 0.1) is 27.7 Å². The maximum Gasteiger partial charge on any atom is 0.201 e. The Morgan fingerprint density at radius 3 is 2.85 bits per heavy atom. The number of nitrogen functional groups attached to an aromatic ring is 1. The molecule has 1 heterocycles. The lowest BCUT2D eigenvalue weighted by Gasteiger charge is -2.23. The largest absolute Gasteiger partial charge is 0.391 e. The van der Waals surface area contributed by atoms with Crippen molar-refractivity contribution in [3.63, 3.8) is 0 Å². The van der Waals surface area contributed by atoms with Gasteiger partial charge in [0.25, 0.3) is 0 Å². The summed E-state index contributed by atoms with van der Waals surface area (Å²) in [7, 11) is 0. The number of aromatic nitrogens is 2. The molecule has 3 N–H and O–H groups in total. The van der Waals surface area contributed by atoms with Gasteiger partial charge in [-0.3, -0.25) is 0 Å². The van der Waals surface area contributed by atoms with Crippen molar-refractivity contribution < 1.29 is 9.50 Å². The maximum absolute atomic E-state index is 13.8. The average molecular weight is 342 g/mol. The highest BCUT2D eigenvalue weighted by Gasteiger charge is 2.27. The predicted molar refractivity (Wildman–Crippen MR) is 79.9 cm³/mol. The van der Waals surface area contributed by atoms with E-state index in [-0.39, 0.29) is 11.9 Å². The molecule has 3 rings (SSSR count). The summed E-state index contributed by atoms with van der Waals surface area (Å²) in [6.45, 7) is 0. The summed E-state index contributed by atoms with van der Waals surface area (Å²) >= 11 is 3.16. The molecule has 0 spiro atoms. The third kappa shape index (κ3) is 2.31. The summed E-state index contributed by atoms with van der Waals surface area (Å²) in [6.07, 6.45) is 4.31. The third-order valence-electron chi connectivity index (χ3n) is 4.03. The summed E-state index contributed by atoms with van der Waals surface area (Å²) in [5, 5.41) is 10.3. The van der Waals surface area contributed by atoms with E-state index in [1.165, 1.54) is 6.07 Å². The Morgan fingerprint density at radius 1 is 1.30 bits per heavy atom. The molecular formula is C14H17BrFN3O. The zero-order valence-corrected chi connectivity index (χ0v) is 12.6. The number of halogens is 2. The van der Waals surface area contributed by atoms with E-state index in [4.69, 9.17) is 5.73 Å². The average Bonchev–Trinajstić information content (AvgIpc) is 2.58. The first kappa shape index (κ1) is 13.8. The highest BCUT2D eigenvalue weighted by molar-refractivity contribution is 9.10. The van der Waals surface area contributed by atoms with Crippen LogP contribution in [0.25, 0.3) is 11.0 Å². The fraction of sp³-hybridized carbons (Fsp3) is 0.500. The van der Waals surface area contributed by atoms with E-state index in [0.29, 0.717) is 21.5 Å². The van der Waals surface area contributed by atoms with Crippen molar-refractivity contribution in [2.45, 2.75) is 44.2 Å². The molecule has 1 aliphatic rings. The minimum Gasteiger partial charge on any atom is -0.391 e. The molecule has 4 nitrogen and oxygen atoms in total. The van der Waals surface area contributed by atoms with E-state index in [1.54, 1.807) is 10.6 Å². The highest BCUT2D eigenvalue weighted by Crippen LogP contribution is 2.34. The molecule has 6 heteroatoms. The van der Waals surface area contributed by atoms with E-state index in [1.807, 2.05) is 0 Å². The first-order valence-electron chi connectivity index (χ1n) is 6.88. The number of aliphatic hydroxyl groups excluding tert-OH is 1. The van der Waals surface area contributed by atoms with Crippen molar-refractivity contribution in [1.29, 1.82) is 0 Å². The molecule has 108 valence electrons. The lowest BCUT2D eigenvalue weighted by atomic mass is 10.1. The summed E-state index contributed by atoms with van der Waals surface area (Å²) in [6, 6.07) is 2.93. The molecule has 1 aromatic carbocycles. The van der Waals surface area contributed by atoms with Crippen LogP contribution < -0.4 is 5.73 Å². The molecule has 1 aliphatic carbocycles. The van der Waals surface area contributed by atoms with Crippen LogP contribution in [0.15, 0.2) is 16.6 Å². The van der Waals surface area contributed by atoms with Crippen molar-refractivity contribution >= 4 is 32.9 Å². The van der Waals surface area contributed by atoms with Crippen molar-refractivity contribution in [1.82, 2.24) is 9.55 Å². The number of anilines is 1. The van der Waals surface area contributed by atoms with Gasteiger partial charge in [-0.25, -0.2) is 9.37 Å². The van der Waals surface area contributed by atoms with Crippen molar-refractivity contribution in [2.75, 3.05) is 5.73 Å². The number of hydrogen-bond acceptors (Lipinski definition) is 3. The van der Waals surface area contributed by atoms with Gasteiger partial charge in [0.1, 0.15) is 5.82 Å². The SMILES string of the molecule is Nc1nc2cc(Br)c(F)cc2n1C1CCCCCC1O. The van der Waals surface area contributed by atoms with Crippen LogP contribution in [0.1, 0.15) is 38.1 Å². The summed E-state index contributed by atoms with van der Waals surface area (Å²) in [4.78, 5) is 4.29. The molecule has 2 atom stereocenters. The number of nitrogens with two attached hydrogens (primary N) is 1. The van der Waals surface area contributed by atoms with Gasteiger partial charge >= 0.3 is 0 Å². The van der Waals surface area contributed by atoms with E-state index in [0.717, 1.165) is 32.1 Å². The number of hydrogen-bond donors (Lipinski definition) is 2. The standard InChI is InChI=1S/C14H17BrFN3O/c15-8-6-10-12(7-9(8)16)19(14(17)18-10)11-4-2-1-3-5-13(11)20/h6-7,11,13,20H,1-5H2,(H2,17,18). The van der Waals surface area contributed by atoms with E-state index < -0.39 is 6.10 Å². The summed E-state index contributed by atoms with van der Waals surface area (Å²) < 4.78 is 16.0. The lowest BCUT2D eigenvalue weighted by Crippen LogP contribution is -2.24. The van der Waals surface area contributed by atoms with Crippen LogP contribution in [-0.2, 0) is 0 Å². The third-order valence-corrected chi connectivity index (χ3v) is 4.64. The van der Waals surface area contributed by atoms with Crippen LogP contribution in [0.5, 0.6) is 0 Å². The van der Waals surface area contributed by atoms with Crippen LogP contribution in [0.3, 0.4) is 0 Å². The van der Waals surface area contributed by atoms with E-state index in [2.05, 4.69) is 20.9 Å². The molecule has 2 aromatic rings. The normalized spacial score (nSPS) is 23.9. The smallest absolute Gasteiger partial charge is 0.201 e. The second-order valence-corrected chi connectivity index (χ2v) is 6.22. The van der Waals surface area contributed by atoms with Gasteiger partial charge in [0, 0.05) is 6.07 Å². The van der Waals surface area contributed by atoms with Gasteiger partial charge in [0.2, 0.25) is 5.95 Å². The van der Waals surface area contributed by atoms with Gasteiger partial charge in [-0.1, -0.05) is 19.3 Å². The van der Waals surface area contributed by atoms with Crippen molar-refractivity contribution in [3.05, 3.63) is 22.4 Å². The van der Waals surface area contributed by atoms with Gasteiger partial charge in [-0.15, -0.1) is 0 Å². The van der Waals surface area contributed by atoms with E-state index >= 15 is 0 Å². The fourth-order valence-electron chi connectivity index (χ4n) is 3.03. The minimum absolute atomic E-state index is 0.122. The molecule has 0 amide bonds. The summed E-state index contributed by atoms with van der Waals surface area (Å²) in [5.41, 5.74) is 7.29. The highest BCUT2D eigenvalue weighted by atomic mass is 79.9. The van der Waals surface area contributed by atoms with Crippen LogP contribution >= 0.6 is 15.9 Å². The number of aliphatic hydroxyl groups is 1. The molecule has 0 radical (unpaired) electrons. The quantitative estimate of drug-likeness (QED) is 0.781. The first-order valence-corrected chi connectivity index (χ1v) is 7.67. The lowest BCUT2D eigenvalue weighted by molar-refractivity contribution is 0.108. The first-order chi connectivity index (χ1) is 9.58. The van der Waals surface area contributed by atoms with Crippen LogP contribution in [0, 0.1) is 5.82 Å². The Hall–Kier alpha value is -1.14. The Balaban J connectivity index is 2.14. The van der Waals surface area contributed by atoms with Crippen LogP contribution in [0.2, 0.25) is 0 Å². The Morgan fingerprint density at radius 2 is 2.05 bits per heavy atom. The maximum atomic E-state index is 13.8. The zero-order chi connectivity index (χ0) is 14.3. The Labute approximate surface area is 124 Å². The van der Waals surface area contributed by atoms with E-state index in [9.17, 15) is 9.50 Å². The van der Waals surface area contributed by atoms with Crippen molar-refractivity contribution in [3.8, 4) is 0 Å². The molecule has 0 bridgehead atoms. The van der Waals surface area contributed by atoms with Gasteiger partial charge in [0.15, 0.2) is 0 Å². The number of benzene rings is 1. The number of rotatable bonds is 1. The van der Waals surface area contributed by atoms with Crippen LogP contribution in [-0.4, -0.2) is 20.8 Å². The monoisotopic (exact) mass is 341 g/mol. The van der Waals surface area contributed by atoms with Gasteiger partial charge in [-0.05, 0) is 34.8 Å². The number of imidazole rings is 1. The second-order valence-electron chi connectivity index (χ2n) is 5.37. The molecule has 1 fully saturated rings. The topological polar surface area (TPSA) is 64.1 Å². The zero-order valence-electron chi connectivity index (χ0n) is 11.0. The second kappa shape index (κ2) is 5.33. The molecular weight excluding hydrogens is 325 g/mol. The fourth-order valence-corrected chi connectivity index (χ4v) is 3.36. The number of fused-ring (bicyclic) bond motifs is 1. The Bertz CT molecular complexity index is 643. The van der Waals surface area contributed by atoms with Crippen LogP contribution in [0.4, 0.5) is 10.3 Å². The molecule has 1 saturated carbocycles. The summed E-state index contributed by atoms with van der Waals surface area (Å²) in [5.74, 6) is -0.00906. The minimum atomic E-state index is -0.455. The Kier molecular flexibility index (Phi) is 3.69. The van der Waals surface area contributed by atoms with Gasteiger partial charge < -0.3 is 15.4 Å². The van der Waals surface area contributed by atoms with Crippen molar-refractivity contribution in [2.24, 2.45) is 0 Å². The predicted octanol–water partition coefficient (Wildman–Crippen LogP) is 3.39. The van der Waals surface area contributed by atoms with Gasteiger partial charge in [-0.2, -0.15) is 0 Å². The molecule has 20 heavy (non-hydrogen) atoms. The number of nitrogens with zero attached hydrogens (tertiary/aromatic N) is 2. The molecule has 0 saturated heterocycles. The molecule has 2 unspecified atom stereocenters. The molecule has 0 aliphatic heterocycles.